The third-order valence-corrected chi connectivity index (χ3v) is 6.54. The zero-order chi connectivity index (χ0) is 30.4. The smallest absolute Gasteiger partial charge is 0.270 e. The number of amides is 3. The van der Waals surface area contributed by atoms with Gasteiger partial charge < -0.3 is 0 Å². The minimum atomic E-state index is -0.413. The molecule has 0 saturated carbocycles. The molecular formula is C30H27Br2ClN4O4. The number of hydrogen-bond donors (Lipinski definition) is 4. The minimum Gasteiger partial charge on any atom is -0.290 e. The maximum atomic E-state index is 12.0. The van der Waals surface area contributed by atoms with Crippen LogP contribution in [0.2, 0.25) is 0 Å². The molecule has 4 aromatic rings. The summed E-state index contributed by atoms with van der Waals surface area (Å²) >= 11 is 11.9. The Kier molecular flexibility index (Phi) is 13.9. The van der Waals surface area contributed by atoms with Crippen molar-refractivity contribution in [3.63, 3.8) is 0 Å². The van der Waals surface area contributed by atoms with Crippen LogP contribution in [0.15, 0.2) is 106 Å². The summed E-state index contributed by atoms with van der Waals surface area (Å²) in [6, 6.07) is 28.3. The molecule has 0 saturated heterocycles. The Balaban J connectivity index is 0.000000236. The van der Waals surface area contributed by atoms with Crippen molar-refractivity contribution in [3.05, 3.63) is 139 Å². The number of carbonyl (C=O) groups is 4. The van der Waals surface area contributed by atoms with Crippen LogP contribution in [0.3, 0.4) is 0 Å². The largest absolute Gasteiger partial charge is 0.290 e. The summed E-state index contributed by atoms with van der Waals surface area (Å²) in [7, 11) is 0. The summed E-state index contributed by atoms with van der Waals surface area (Å²) in [5.74, 6) is 3.93. The maximum absolute atomic E-state index is 12.0. The first-order valence-corrected chi connectivity index (χ1v) is 13.9. The van der Waals surface area contributed by atoms with Crippen molar-refractivity contribution in [1.82, 2.24) is 16.3 Å². The lowest BCUT2D eigenvalue weighted by Crippen LogP contribution is -2.41. The molecule has 0 heterocycles. The first-order valence-electron chi connectivity index (χ1n) is 12.0. The highest BCUT2D eigenvalue weighted by molar-refractivity contribution is 9.10. The summed E-state index contributed by atoms with van der Waals surface area (Å²) in [5.41, 5.74) is 10.7. The van der Waals surface area contributed by atoms with Gasteiger partial charge in [0.15, 0.2) is 0 Å². The van der Waals surface area contributed by atoms with Crippen molar-refractivity contribution < 1.29 is 19.2 Å². The summed E-state index contributed by atoms with van der Waals surface area (Å²) in [4.78, 5) is 45.3. The first-order chi connectivity index (χ1) is 19.5. The first kappa shape index (κ1) is 33.4. The van der Waals surface area contributed by atoms with Crippen LogP contribution in [0, 0.1) is 13.8 Å². The monoisotopic (exact) mass is 700 g/mol. The molecule has 0 aliphatic heterocycles. The Hall–Kier alpha value is -3.83. The molecule has 11 heteroatoms. The average molecular weight is 703 g/mol. The topological polar surface area (TPSA) is 130 Å². The zero-order valence-electron chi connectivity index (χ0n) is 22.1. The number of carbonyl (C=O) groups excluding carboxylic acids is 4. The fraction of sp³-hybridized carbons (Fsp3) is 0.0667. The highest BCUT2D eigenvalue weighted by Gasteiger charge is 2.11. The molecule has 3 amide bonds. The Labute approximate surface area is 259 Å². The molecule has 0 bridgehead atoms. The van der Waals surface area contributed by atoms with Crippen molar-refractivity contribution in [1.29, 1.82) is 0 Å². The van der Waals surface area contributed by atoms with Crippen molar-refractivity contribution in [2.75, 3.05) is 0 Å². The molecule has 4 rings (SSSR count). The molecule has 0 aliphatic rings. The standard InChI is InChI=1S/C15H13BrN2O2.C8H6BrClO.C7H8N2O/c1-10-7-8-12(16)9-13(10)15(20)18-17-14(19)11-5-3-2-4-6-11;1-5-2-3-6(9)4-7(5)8(10)11;8-9-7(10)6-4-2-1-3-5-6/h2-9H,1H3,(H,17,19)(H,18,20);2-4H,1H3;1-5H,8H2,(H,9,10). The Morgan fingerprint density at radius 3 is 1.46 bits per heavy atom. The van der Waals surface area contributed by atoms with E-state index < -0.39 is 5.24 Å². The molecule has 8 nitrogen and oxygen atoms in total. The van der Waals surface area contributed by atoms with E-state index in [0.29, 0.717) is 22.3 Å². The van der Waals surface area contributed by atoms with Crippen molar-refractivity contribution in [2.24, 2.45) is 5.84 Å². The molecule has 0 aliphatic carbocycles. The van der Waals surface area contributed by atoms with Gasteiger partial charge in [-0.1, -0.05) is 80.4 Å². The van der Waals surface area contributed by atoms with Gasteiger partial charge in [0.25, 0.3) is 23.0 Å². The summed E-state index contributed by atoms with van der Waals surface area (Å²) in [5, 5.41) is -0.413. The minimum absolute atomic E-state index is 0.263. The van der Waals surface area contributed by atoms with E-state index in [2.05, 4.69) is 42.7 Å². The molecule has 0 fully saturated rings. The van der Waals surface area contributed by atoms with Gasteiger partial charge in [-0.3, -0.25) is 35.5 Å². The Bertz CT molecular complexity index is 1500. The number of nitrogens with one attached hydrogen (secondary N) is 3. The number of hydrogen-bond acceptors (Lipinski definition) is 5. The van der Waals surface area contributed by atoms with Gasteiger partial charge in [0.05, 0.1) is 0 Å². The molecule has 0 spiro atoms. The van der Waals surface area contributed by atoms with E-state index in [9.17, 15) is 19.2 Å². The van der Waals surface area contributed by atoms with Crippen LogP contribution in [-0.4, -0.2) is 23.0 Å². The predicted octanol–water partition coefficient (Wildman–Crippen LogP) is 6.26. The summed E-state index contributed by atoms with van der Waals surface area (Å²) in [6.07, 6.45) is 0. The number of nitrogen functional groups attached to an aromatic ring is 1. The quantitative estimate of drug-likeness (QED) is 0.0864. The fourth-order valence-electron chi connectivity index (χ4n) is 3.16. The van der Waals surface area contributed by atoms with E-state index in [0.717, 1.165) is 20.1 Å². The molecule has 41 heavy (non-hydrogen) atoms. The van der Waals surface area contributed by atoms with E-state index >= 15 is 0 Å². The Morgan fingerprint density at radius 1 is 0.610 bits per heavy atom. The fourth-order valence-corrected chi connectivity index (χ4v) is 4.09. The second kappa shape index (κ2) is 17.1. The lowest BCUT2D eigenvalue weighted by Gasteiger charge is -2.09. The zero-order valence-corrected chi connectivity index (χ0v) is 26.0. The van der Waals surface area contributed by atoms with Crippen molar-refractivity contribution >= 4 is 66.4 Å². The van der Waals surface area contributed by atoms with Crippen LogP contribution in [0.25, 0.3) is 0 Å². The summed E-state index contributed by atoms with van der Waals surface area (Å²) in [6.45, 7) is 3.68. The van der Waals surface area contributed by atoms with E-state index in [1.54, 1.807) is 60.7 Å². The molecule has 0 unspecified atom stereocenters. The molecule has 5 N–H and O–H groups in total. The van der Waals surface area contributed by atoms with E-state index in [4.69, 9.17) is 17.4 Å². The number of halogens is 3. The van der Waals surface area contributed by atoms with Gasteiger partial charge in [-0.25, -0.2) is 5.84 Å². The van der Waals surface area contributed by atoms with Crippen LogP contribution in [0.5, 0.6) is 0 Å². The normalized spacial score (nSPS) is 9.61. The van der Waals surface area contributed by atoms with E-state index in [1.165, 1.54) is 0 Å². The average Bonchev–Trinajstić information content (AvgIpc) is 2.99. The highest BCUT2D eigenvalue weighted by atomic mass is 79.9. The number of aryl methyl sites for hydroxylation is 2. The van der Waals surface area contributed by atoms with Crippen LogP contribution >= 0.6 is 43.5 Å². The van der Waals surface area contributed by atoms with Gasteiger partial charge in [0, 0.05) is 31.2 Å². The predicted molar refractivity (Wildman–Crippen MR) is 167 cm³/mol. The van der Waals surface area contributed by atoms with Crippen LogP contribution in [0.4, 0.5) is 0 Å². The van der Waals surface area contributed by atoms with Gasteiger partial charge in [-0.15, -0.1) is 0 Å². The van der Waals surface area contributed by atoms with Crippen LogP contribution in [0.1, 0.15) is 52.6 Å². The molecule has 212 valence electrons. The second-order valence-corrected chi connectivity index (χ2v) is 10.5. The van der Waals surface area contributed by atoms with Gasteiger partial charge in [0.2, 0.25) is 0 Å². The van der Waals surface area contributed by atoms with Crippen molar-refractivity contribution in [2.45, 2.75) is 13.8 Å². The lowest BCUT2D eigenvalue weighted by molar-refractivity contribution is 0.0846. The molecule has 0 radical (unpaired) electrons. The number of nitrogens with two attached hydrogens (primary N) is 1. The van der Waals surface area contributed by atoms with Crippen molar-refractivity contribution in [3.8, 4) is 0 Å². The van der Waals surface area contributed by atoms with Gasteiger partial charge in [-0.2, -0.15) is 0 Å². The molecule has 0 atom stereocenters. The number of hydrazine groups is 2. The third kappa shape index (κ3) is 11.3. The van der Waals surface area contributed by atoms with Crippen LogP contribution in [-0.2, 0) is 0 Å². The third-order valence-electron chi connectivity index (χ3n) is 5.35. The number of rotatable bonds is 4. The van der Waals surface area contributed by atoms with Gasteiger partial charge in [0.1, 0.15) is 0 Å². The maximum Gasteiger partial charge on any atom is 0.270 e. The van der Waals surface area contributed by atoms with Gasteiger partial charge >= 0.3 is 0 Å². The number of benzene rings is 4. The molecule has 4 aromatic carbocycles. The van der Waals surface area contributed by atoms with Gasteiger partial charge in [-0.05, 0) is 85.1 Å². The molecule has 0 aromatic heterocycles. The Morgan fingerprint density at radius 2 is 1.02 bits per heavy atom. The van der Waals surface area contributed by atoms with E-state index in [1.807, 2.05) is 55.7 Å². The van der Waals surface area contributed by atoms with E-state index in [-0.39, 0.29) is 17.7 Å². The lowest BCUT2D eigenvalue weighted by atomic mass is 10.1. The second-order valence-electron chi connectivity index (χ2n) is 8.31. The molecular weight excluding hydrogens is 676 g/mol. The highest BCUT2D eigenvalue weighted by Crippen LogP contribution is 2.17. The van der Waals surface area contributed by atoms with Crippen LogP contribution < -0.4 is 22.1 Å². The SMILES string of the molecule is Cc1ccc(Br)cc1C(=O)Cl.Cc1ccc(Br)cc1C(=O)NNC(=O)c1ccccc1.NNC(=O)c1ccccc1. The summed E-state index contributed by atoms with van der Waals surface area (Å²) < 4.78 is 1.68.